The van der Waals surface area contributed by atoms with Crippen molar-refractivity contribution < 1.29 is 9.53 Å². The maximum Gasteiger partial charge on any atom is 0.410 e. The fraction of sp³-hybridized carbons (Fsp3) is 0.370. The molecule has 1 aliphatic heterocycles. The number of likely N-dealkylation sites (tertiary alicyclic amines) is 1. The zero-order valence-electron chi connectivity index (χ0n) is 20.2. The van der Waals surface area contributed by atoms with E-state index in [9.17, 15) is 4.79 Å². The Kier molecular flexibility index (Phi) is 5.63. The number of carbonyl (C=O) groups excluding carboxylic acids is 1. The highest BCUT2D eigenvalue weighted by molar-refractivity contribution is 5.97. The molecule has 0 aliphatic carbocycles. The molecule has 0 saturated carbocycles. The summed E-state index contributed by atoms with van der Waals surface area (Å²) in [5.74, 6) is 0. The second-order valence-corrected chi connectivity index (χ2v) is 9.71. The molecule has 0 radical (unpaired) electrons. The number of nitrogens with zero attached hydrogens (tertiary/aromatic N) is 4. The lowest BCUT2D eigenvalue weighted by molar-refractivity contribution is 0.0152. The van der Waals surface area contributed by atoms with Crippen molar-refractivity contribution >= 4 is 33.7 Å². The van der Waals surface area contributed by atoms with Gasteiger partial charge in [0.05, 0.1) is 11.0 Å². The first-order valence-electron chi connectivity index (χ1n) is 11.9. The molecule has 1 saturated heterocycles. The topological polar surface area (TPSA) is 72.3 Å². The average molecular weight is 458 g/mol. The van der Waals surface area contributed by atoms with Gasteiger partial charge in [-0.3, -0.25) is 9.97 Å². The summed E-state index contributed by atoms with van der Waals surface area (Å²) < 4.78 is 7.81. The molecule has 5 rings (SSSR count). The summed E-state index contributed by atoms with van der Waals surface area (Å²) in [6.45, 7) is 7.21. The quantitative estimate of drug-likeness (QED) is 0.422. The molecule has 7 heteroatoms. The van der Waals surface area contributed by atoms with Crippen molar-refractivity contribution in [3.63, 3.8) is 0 Å². The molecular formula is C27H31N5O2. The first-order chi connectivity index (χ1) is 16.3. The Labute approximate surface area is 199 Å². The van der Waals surface area contributed by atoms with Crippen molar-refractivity contribution in [3.05, 3.63) is 55.0 Å². The normalized spacial score (nSPS) is 16.4. The van der Waals surface area contributed by atoms with E-state index >= 15 is 0 Å². The molecule has 176 valence electrons. The van der Waals surface area contributed by atoms with Crippen molar-refractivity contribution in [1.29, 1.82) is 0 Å². The number of rotatable bonds is 5. The number of benzene rings is 2. The number of carbonyl (C=O) groups is 1. The summed E-state index contributed by atoms with van der Waals surface area (Å²) >= 11 is 0. The number of aromatic nitrogens is 3. The molecule has 0 bridgehead atoms. The highest BCUT2D eigenvalue weighted by atomic mass is 16.6. The van der Waals surface area contributed by atoms with Crippen molar-refractivity contribution in [3.8, 4) is 11.1 Å². The van der Waals surface area contributed by atoms with Crippen LogP contribution in [0.4, 0.5) is 10.5 Å². The number of fused-ring (bicyclic) bond motifs is 2. The van der Waals surface area contributed by atoms with Crippen LogP contribution in [0.1, 0.15) is 33.6 Å². The predicted octanol–water partition coefficient (Wildman–Crippen LogP) is 5.60. The van der Waals surface area contributed by atoms with E-state index in [4.69, 9.17) is 4.74 Å². The fourth-order valence-electron chi connectivity index (χ4n) is 4.46. The van der Waals surface area contributed by atoms with Crippen LogP contribution in [-0.2, 0) is 11.8 Å². The molecule has 1 atom stereocenters. The molecule has 0 spiro atoms. The molecule has 7 nitrogen and oxygen atoms in total. The Morgan fingerprint density at radius 3 is 2.82 bits per heavy atom. The Hall–Kier alpha value is -3.61. The van der Waals surface area contributed by atoms with Gasteiger partial charge in [-0.25, -0.2) is 4.79 Å². The Bertz CT molecular complexity index is 1360. The molecule has 2 aromatic heterocycles. The zero-order chi connectivity index (χ0) is 23.9. The summed E-state index contributed by atoms with van der Waals surface area (Å²) in [7, 11) is 2.06. The van der Waals surface area contributed by atoms with Crippen LogP contribution in [0.25, 0.3) is 33.1 Å². The molecule has 3 heterocycles. The largest absolute Gasteiger partial charge is 0.443 e. The predicted molar refractivity (Wildman–Crippen MR) is 136 cm³/mol. The van der Waals surface area contributed by atoms with Gasteiger partial charge < -0.3 is 19.5 Å². The van der Waals surface area contributed by atoms with E-state index in [-0.39, 0.29) is 12.1 Å². The Morgan fingerprint density at radius 1 is 1.18 bits per heavy atom. The summed E-state index contributed by atoms with van der Waals surface area (Å²) in [5.41, 5.74) is 5.55. The second kappa shape index (κ2) is 8.63. The number of amides is 1. The minimum atomic E-state index is -0.450. The summed E-state index contributed by atoms with van der Waals surface area (Å²) in [6.07, 6.45) is 6.94. The van der Waals surface area contributed by atoms with E-state index in [0.717, 1.165) is 40.7 Å². The van der Waals surface area contributed by atoms with Gasteiger partial charge in [-0.15, -0.1) is 0 Å². The van der Waals surface area contributed by atoms with Gasteiger partial charge in [0.1, 0.15) is 5.60 Å². The molecule has 1 N–H and O–H groups in total. The van der Waals surface area contributed by atoms with E-state index in [0.29, 0.717) is 13.1 Å². The molecule has 1 amide bonds. The van der Waals surface area contributed by atoms with Crippen molar-refractivity contribution in [2.45, 2.75) is 45.3 Å². The van der Waals surface area contributed by atoms with Crippen LogP contribution in [0.5, 0.6) is 0 Å². The standard InChI is InChI=1S/C27H31N5O2/c1-5-27(2,3)34-26(33)32-13-9-20(17-32)30-21-15-22(25-23(16-21)28-10-11-29-25)19-7-6-18-8-12-31(4)24(18)14-19/h6-8,10-12,14-16,20,30H,5,9,13,17H2,1-4H3. The van der Waals surface area contributed by atoms with Crippen LogP contribution in [0.3, 0.4) is 0 Å². The number of hydrogen-bond donors (Lipinski definition) is 1. The van der Waals surface area contributed by atoms with Gasteiger partial charge in [0, 0.05) is 61.5 Å². The number of hydrogen-bond acceptors (Lipinski definition) is 5. The first kappa shape index (κ1) is 22.2. The highest BCUT2D eigenvalue weighted by Crippen LogP contribution is 2.33. The maximum atomic E-state index is 12.6. The van der Waals surface area contributed by atoms with Crippen LogP contribution < -0.4 is 5.32 Å². The number of nitrogens with one attached hydrogen (secondary N) is 1. The van der Waals surface area contributed by atoms with Gasteiger partial charge in [0.2, 0.25) is 0 Å². The van der Waals surface area contributed by atoms with Gasteiger partial charge in [-0.05, 0) is 61.9 Å². The van der Waals surface area contributed by atoms with E-state index in [1.54, 1.807) is 17.3 Å². The van der Waals surface area contributed by atoms with Crippen LogP contribution >= 0.6 is 0 Å². The molecule has 1 unspecified atom stereocenters. The number of aryl methyl sites for hydroxylation is 1. The third-order valence-electron chi connectivity index (χ3n) is 6.81. The maximum absolute atomic E-state index is 12.6. The summed E-state index contributed by atoms with van der Waals surface area (Å²) in [4.78, 5) is 23.6. The fourth-order valence-corrected chi connectivity index (χ4v) is 4.46. The third kappa shape index (κ3) is 4.30. The van der Waals surface area contributed by atoms with Crippen LogP contribution in [0, 0.1) is 0 Å². The average Bonchev–Trinajstić information content (AvgIpc) is 3.45. The lowest BCUT2D eigenvalue weighted by Gasteiger charge is -2.27. The van der Waals surface area contributed by atoms with Gasteiger partial charge in [-0.2, -0.15) is 0 Å². The monoisotopic (exact) mass is 457 g/mol. The van der Waals surface area contributed by atoms with Crippen molar-refractivity contribution in [2.75, 3.05) is 18.4 Å². The molecule has 1 aliphatic rings. The first-order valence-corrected chi connectivity index (χ1v) is 11.9. The van der Waals surface area contributed by atoms with Crippen LogP contribution in [0.15, 0.2) is 55.0 Å². The highest BCUT2D eigenvalue weighted by Gasteiger charge is 2.30. The van der Waals surface area contributed by atoms with Crippen LogP contribution in [-0.4, -0.2) is 50.3 Å². The van der Waals surface area contributed by atoms with Gasteiger partial charge in [-0.1, -0.05) is 19.1 Å². The lowest BCUT2D eigenvalue weighted by Crippen LogP contribution is -2.37. The molecule has 34 heavy (non-hydrogen) atoms. The minimum Gasteiger partial charge on any atom is -0.443 e. The zero-order valence-corrected chi connectivity index (χ0v) is 20.2. The summed E-state index contributed by atoms with van der Waals surface area (Å²) in [5, 5.41) is 4.83. The molecular weight excluding hydrogens is 426 g/mol. The van der Waals surface area contributed by atoms with Crippen molar-refractivity contribution in [2.24, 2.45) is 7.05 Å². The van der Waals surface area contributed by atoms with E-state index < -0.39 is 5.60 Å². The second-order valence-electron chi connectivity index (χ2n) is 9.71. The van der Waals surface area contributed by atoms with E-state index in [1.165, 1.54) is 10.9 Å². The molecule has 2 aromatic carbocycles. The lowest BCUT2D eigenvalue weighted by atomic mass is 10.0. The third-order valence-corrected chi connectivity index (χ3v) is 6.81. The minimum absolute atomic E-state index is 0.148. The van der Waals surface area contributed by atoms with E-state index in [2.05, 4.69) is 63.4 Å². The van der Waals surface area contributed by atoms with Gasteiger partial charge >= 0.3 is 6.09 Å². The van der Waals surface area contributed by atoms with Gasteiger partial charge in [0.15, 0.2) is 0 Å². The number of ether oxygens (including phenoxy) is 1. The van der Waals surface area contributed by atoms with Crippen molar-refractivity contribution in [1.82, 2.24) is 19.4 Å². The molecule has 4 aromatic rings. The Morgan fingerprint density at radius 2 is 2.00 bits per heavy atom. The van der Waals surface area contributed by atoms with E-state index in [1.807, 2.05) is 26.8 Å². The van der Waals surface area contributed by atoms with Gasteiger partial charge in [0.25, 0.3) is 0 Å². The SMILES string of the molecule is CCC(C)(C)OC(=O)N1CCC(Nc2cc(-c3ccc4ccn(C)c4c3)c3nccnc3c2)C1. The Balaban J connectivity index is 1.41. The smallest absolute Gasteiger partial charge is 0.410 e. The van der Waals surface area contributed by atoms with Crippen LogP contribution in [0.2, 0.25) is 0 Å². The number of anilines is 1. The molecule has 1 fully saturated rings. The summed E-state index contributed by atoms with van der Waals surface area (Å²) in [6, 6.07) is 12.9.